The molecule has 2 nitrogen and oxygen atoms in total. The summed E-state index contributed by atoms with van der Waals surface area (Å²) in [5, 5.41) is 3.61. The zero-order chi connectivity index (χ0) is 14.8. The Hall–Kier alpha value is -0.880. The van der Waals surface area contributed by atoms with Crippen molar-refractivity contribution in [2.45, 2.75) is 31.2 Å². The Kier molecular flexibility index (Phi) is 4.86. The van der Waals surface area contributed by atoms with E-state index in [1.54, 1.807) is 0 Å². The molecule has 1 aliphatic heterocycles. The van der Waals surface area contributed by atoms with Gasteiger partial charge in [-0.05, 0) is 18.6 Å². The van der Waals surface area contributed by atoms with Gasteiger partial charge in [0.05, 0.1) is 22.8 Å². The summed E-state index contributed by atoms with van der Waals surface area (Å²) in [5.74, 6) is 0. The van der Waals surface area contributed by atoms with E-state index in [0.29, 0.717) is 17.0 Å². The van der Waals surface area contributed by atoms with E-state index in [9.17, 15) is 13.2 Å². The molecular formula is C13H14ClF3N2S. The molecule has 0 fully saturated rings. The Morgan fingerprint density at radius 2 is 2.20 bits per heavy atom. The molecule has 1 aromatic carbocycles. The molecule has 0 aromatic heterocycles. The number of anilines is 1. The molecule has 0 bridgehead atoms. The predicted octanol–water partition coefficient (Wildman–Crippen LogP) is 5.04. The van der Waals surface area contributed by atoms with E-state index in [1.807, 2.05) is 0 Å². The molecule has 0 spiro atoms. The topological polar surface area (TPSA) is 24.4 Å². The Morgan fingerprint density at radius 1 is 1.45 bits per heavy atom. The number of thioether (sulfide) groups is 1. The number of amidine groups is 1. The van der Waals surface area contributed by atoms with Crippen molar-refractivity contribution in [2.75, 3.05) is 11.9 Å². The van der Waals surface area contributed by atoms with Crippen LogP contribution in [0.5, 0.6) is 0 Å². The quantitative estimate of drug-likeness (QED) is 0.842. The van der Waals surface area contributed by atoms with Crippen LogP contribution in [0.1, 0.15) is 25.3 Å². The van der Waals surface area contributed by atoms with Gasteiger partial charge in [0.2, 0.25) is 0 Å². The molecule has 0 amide bonds. The van der Waals surface area contributed by atoms with Gasteiger partial charge in [0.1, 0.15) is 0 Å². The van der Waals surface area contributed by atoms with Gasteiger partial charge in [-0.2, -0.15) is 13.2 Å². The van der Waals surface area contributed by atoms with Crippen LogP contribution in [0.3, 0.4) is 0 Å². The maximum absolute atomic E-state index is 13.0. The minimum atomic E-state index is -4.44. The third-order valence-electron chi connectivity index (χ3n) is 2.88. The van der Waals surface area contributed by atoms with Crippen molar-refractivity contribution in [3.8, 4) is 0 Å². The van der Waals surface area contributed by atoms with E-state index >= 15 is 0 Å². The lowest BCUT2D eigenvalue weighted by molar-refractivity contribution is -0.136. The second-order valence-corrected chi connectivity index (χ2v) is 6.16. The fraction of sp³-hybridized carbons (Fsp3) is 0.462. The lowest BCUT2D eigenvalue weighted by Gasteiger charge is -2.15. The number of nitrogens with one attached hydrogen (secondary N) is 1. The summed E-state index contributed by atoms with van der Waals surface area (Å²) < 4.78 is 38.9. The summed E-state index contributed by atoms with van der Waals surface area (Å²) in [6.45, 7) is 2.70. The summed E-state index contributed by atoms with van der Waals surface area (Å²) >= 11 is 7.36. The van der Waals surface area contributed by atoms with Crippen molar-refractivity contribution in [1.29, 1.82) is 0 Å². The lowest BCUT2D eigenvalue weighted by Crippen LogP contribution is -2.14. The number of hydrogen-bond donors (Lipinski definition) is 1. The minimum Gasteiger partial charge on any atom is -0.333 e. The molecule has 0 saturated carbocycles. The first kappa shape index (κ1) is 15.5. The van der Waals surface area contributed by atoms with Crippen molar-refractivity contribution in [2.24, 2.45) is 4.99 Å². The van der Waals surface area contributed by atoms with Gasteiger partial charge in [0.25, 0.3) is 0 Å². The van der Waals surface area contributed by atoms with Gasteiger partial charge in [-0.3, -0.25) is 4.99 Å². The molecule has 2 rings (SSSR count). The molecule has 1 N–H and O–H groups in total. The van der Waals surface area contributed by atoms with Crippen LogP contribution in [-0.4, -0.2) is 17.0 Å². The molecule has 1 aromatic rings. The molecule has 1 atom stereocenters. The Balaban J connectivity index is 2.18. The normalized spacial score (nSPS) is 19.1. The first-order valence-electron chi connectivity index (χ1n) is 6.25. The van der Waals surface area contributed by atoms with Crippen molar-refractivity contribution < 1.29 is 13.2 Å². The van der Waals surface area contributed by atoms with Gasteiger partial charge in [0, 0.05) is 5.25 Å². The predicted molar refractivity (Wildman–Crippen MR) is 78.7 cm³/mol. The van der Waals surface area contributed by atoms with E-state index < -0.39 is 11.7 Å². The largest absolute Gasteiger partial charge is 0.418 e. The second kappa shape index (κ2) is 6.26. The van der Waals surface area contributed by atoms with Gasteiger partial charge in [-0.25, -0.2) is 0 Å². The monoisotopic (exact) mass is 322 g/mol. The van der Waals surface area contributed by atoms with Gasteiger partial charge < -0.3 is 5.32 Å². The summed E-state index contributed by atoms with van der Waals surface area (Å²) in [6.07, 6.45) is -2.42. The van der Waals surface area contributed by atoms with Crippen molar-refractivity contribution in [1.82, 2.24) is 0 Å². The Labute approximate surface area is 124 Å². The fourth-order valence-electron chi connectivity index (χ4n) is 1.95. The highest BCUT2D eigenvalue weighted by molar-refractivity contribution is 8.15. The summed E-state index contributed by atoms with van der Waals surface area (Å²) in [4.78, 5) is 4.24. The smallest absolute Gasteiger partial charge is 0.333 e. The third kappa shape index (κ3) is 3.61. The summed E-state index contributed by atoms with van der Waals surface area (Å²) in [7, 11) is 0. The summed E-state index contributed by atoms with van der Waals surface area (Å²) in [6, 6.07) is 3.74. The van der Waals surface area contributed by atoms with Crippen LogP contribution in [0.4, 0.5) is 18.9 Å². The first-order valence-corrected chi connectivity index (χ1v) is 7.51. The van der Waals surface area contributed by atoms with Crippen LogP contribution in [0.2, 0.25) is 5.02 Å². The van der Waals surface area contributed by atoms with Crippen LogP contribution in [-0.2, 0) is 6.18 Å². The molecule has 0 radical (unpaired) electrons. The molecule has 110 valence electrons. The molecule has 0 saturated heterocycles. The highest BCUT2D eigenvalue weighted by Crippen LogP contribution is 2.39. The average molecular weight is 323 g/mol. The highest BCUT2D eigenvalue weighted by atomic mass is 35.5. The summed E-state index contributed by atoms with van der Waals surface area (Å²) in [5.41, 5.74) is -0.891. The van der Waals surface area contributed by atoms with E-state index in [-0.39, 0.29) is 10.7 Å². The number of rotatable bonds is 3. The second-order valence-electron chi connectivity index (χ2n) is 4.46. The molecule has 1 heterocycles. The van der Waals surface area contributed by atoms with Crippen LogP contribution >= 0.6 is 23.4 Å². The maximum Gasteiger partial charge on any atom is 0.418 e. The fourth-order valence-corrected chi connectivity index (χ4v) is 3.30. The van der Waals surface area contributed by atoms with Crippen molar-refractivity contribution in [3.05, 3.63) is 28.8 Å². The number of nitrogens with zero attached hydrogens (tertiary/aromatic N) is 1. The Morgan fingerprint density at radius 3 is 2.85 bits per heavy atom. The minimum absolute atomic E-state index is 0.0436. The number of halogens is 4. The average Bonchev–Trinajstić information content (AvgIpc) is 2.78. The zero-order valence-electron chi connectivity index (χ0n) is 10.8. The zero-order valence-corrected chi connectivity index (χ0v) is 12.4. The number of para-hydroxylation sites is 1. The molecular weight excluding hydrogens is 309 g/mol. The van der Waals surface area contributed by atoms with Gasteiger partial charge in [0.15, 0.2) is 5.17 Å². The van der Waals surface area contributed by atoms with E-state index in [1.165, 1.54) is 23.9 Å². The highest BCUT2D eigenvalue weighted by Gasteiger charge is 2.35. The van der Waals surface area contributed by atoms with Crippen LogP contribution in [0.15, 0.2) is 23.2 Å². The molecule has 1 unspecified atom stereocenters. The van der Waals surface area contributed by atoms with Crippen molar-refractivity contribution in [3.63, 3.8) is 0 Å². The molecule has 1 aliphatic rings. The van der Waals surface area contributed by atoms with Crippen LogP contribution < -0.4 is 5.32 Å². The SMILES string of the molecule is CCCC1CN=C(Nc2c(Cl)cccc2C(F)(F)F)S1. The molecule has 20 heavy (non-hydrogen) atoms. The number of aliphatic imine (C=N–C) groups is 1. The lowest BCUT2D eigenvalue weighted by atomic mass is 10.1. The number of alkyl halides is 3. The standard InChI is InChI=1S/C13H14ClF3N2S/c1-2-4-8-7-18-12(20-8)19-11-9(13(15,16)17)5-3-6-10(11)14/h3,5-6,8H,2,4,7H2,1H3,(H,18,19). The first-order chi connectivity index (χ1) is 9.41. The number of hydrogen-bond acceptors (Lipinski definition) is 3. The van der Waals surface area contributed by atoms with Gasteiger partial charge >= 0.3 is 6.18 Å². The van der Waals surface area contributed by atoms with Crippen LogP contribution in [0, 0.1) is 0 Å². The maximum atomic E-state index is 13.0. The Bertz CT molecular complexity index is 517. The molecule has 0 aliphatic carbocycles. The van der Waals surface area contributed by atoms with Crippen molar-refractivity contribution >= 4 is 34.2 Å². The third-order valence-corrected chi connectivity index (χ3v) is 4.37. The van der Waals surface area contributed by atoms with Gasteiger partial charge in [-0.15, -0.1) is 0 Å². The van der Waals surface area contributed by atoms with E-state index in [4.69, 9.17) is 11.6 Å². The molecule has 7 heteroatoms. The van der Waals surface area contributed by atoms with E-state index in [2.05, 4.69) is 17.2 Å². The van der Waals surface area contributed by atoms with Crippen LogP contribution in [0.25, 0.3) is 0 Å². The van der Waals surface area contributed by atoms with Gasteiger partial charge in [-0.1, -0.05) is 42.8 Å². The number of benzene rings is 1. The van der Waals surface area contributed by atoms with E-state index in [0.717, 1.165) is 18.9 Å².